The molecule has 1 fully saturated rings. The molecular formula is C17H27N3O3S. The van der Waals surface area contributed by atoms with Crippen molar-refractivity contribution in [1.29, 1.82) is 0 Å². The molecule has 1 aromatic carbocycles. The lowest BCUT2D eigenvalue weighted by Crippen LogP contribution is -2.36. The smallest absolute Gasteiger partial charge is 0.238 e. The summed E-state index contributed by atoms with van der Waals surface area (Å²) in [7, 11) is -3.65. The standard InChI is InChI=1S/C17H27N3O3S/c1-13(15-3-2-9-19-12-15)11-17(21)20-10-8-14-4-6-16(7-5-14)24(18,22)23/h4-7,13,15,19H,2-3,8-12H2,1H3,(H,20,21)(H2,18,22,23). The second kappa shape index (κ2) is 8.60. The number of hydrogen-bond donors (Lipinski definition) is 3. The highest BCUT2D eigenvalue weighted by atomic mass is 32.2. The van der Waals surface area contributed by atoms with Crippen LogP contribution >= 0.6 is 0 Å². The predicted molar refractivity (Wildman–Crippen MR) is 93.9 cm³/mol. The lowest BCUT2D eigenvalue weighted by atomic mass is 9.85. The molecule has 1 amide bonds. The quantitative estimate of drug-likeness (QED) is 0.681. The summed E-state index contributed by atoms with van der Waals surface area (Å²) in [6.45, 7) is 4.77. The number of piperidine rings is 1. The van der Waals surface area contributed by atoms with Gasteiger partial charge in [-0.2, -0.15) is 0 Å². The van der Waals surface area contributed by atoms with Gasteiger partial charge >= 0.3 is 0 Å². The zero-order chi connectivity index (χ0) is 17.6. The molecule has 134 valence electrons. The van der Waals surface area contributed by atoms with Gasteiger partial charge in [-0.25, -0.2) is 13.6 Å². The average molecular weight is 353 g/mol. The summed E-state index contributed by atoms with van der Waals surface area (Å²) in [5.74, 6) is 1.04. The molecule has 0 bridgehead atoms. The maximum Gasteiger partial charge on any atom is 0.238 e. The maximum atomic E-state index is 12.0. The van der Waals surface area contributed by atoms with Crippen molar-refractivity contribution in [3.8, 4) is 0 Å². The molecule has 1 aliphatic heterocycles. The molecular weight excluding hydrogens is 326 g/mol. The van der Waals surface area contributed by atoms with Gasteiger partial charge < -0.3 is 10.6 Å². The van der Waals surface area contributed by atoms with Gasteiger partial charge in [0, 0.05) is 13.0 Å². The molecule has 0 spiro atoms. The van der Waals surface area contributed by atoms with Crippen LogP contribution in [0.3, 0.4) is 0 Å². The first-order valence-electron chi connectivity index (χ1n) is 8.45. The molecule has 0 aliphatic carbocycles. The van der Waals surface area contributed by atoms with Crippen LogP contribution in [0.2, 0.25) is 0 Å². The van der Waals surface area contributed by atoms with E-state index in [4.69, 9.17) is 5.14 Å². The van der Waals surface area contributed by atoms with Gasteiger partial charge in [0.15, 0.2) is 0 Å². The summed E-state index contributed by atoms with van der Waals surface area (Å²) < 4.78 is 22.4. The molecule has 1 aliphatic rings. The van der Waals surface area contributed by atoms with Crippen molar-refractivity contribution < 1.29 is 13.2 Å². The minimum Gasteiger partial charge on any atom is -0.356 e. The van der Waals surface area contributed by atoms with Gasteiger partial charge in [-0.1, -0.05) is 19.1 Å². The van der Waals surface area contributed by atoms with E-state index in [9.17, 15) is 13.2 Å². The average Bonchev–Trinajstić information content (AvgIpc) is 2.55. The number of nitrogens with one attached hydrogen (secondary N) is 2. The van der Waals surface area contributed by atoms with E-state index in [1.54, 1.807) is 12.1 Å². The van der Waals surface area contributed by atoms with Crippen molar-refractivity contribution in [3.63, 3.8) is 0 Å². The number of carbonyl (C=O) groups is 1. The van der Waals surface area contributed by atoms with Crippen LogP contribution in [0.15, 0.2) is 29.2 Å². The van der Waals surface area contributed by atoms with Gasteiger partial charge in [-0.15, -0.1) is 0 Å². The molecule has 6 nitrogen and oxygen atoms in total. The van der Waals surface area contributed by atoms with Gasteiger partial charge in [0.1, 0.15) is 0 Å². The van der Waals surface area contributed by atoms with E-state index >= 15 is 0 Å². The predicted octanol–water partition coefficient (Wildman–Crippen LogP) is 1.02. The highest BCUT2D eigenvalue weighted by Crippen LogP contribution is 2.22. The third kappa shape index (κ3) is 5.89. The van der Waals surface area contributed by atoms with Crippen molar-refractivity contribution in [1.82, 2.24) is 10.6 Å². The van der Waals surface area contributed by atoms with Crippen LogP contribution < -0.4 is 15.8 Å². The fraction of sp³-hybridized carbons (Fsp3) is 0.588. The highest BCUT2D eigenvalue weighted by molar-refractivity contribution is 7.89. The largest absolute Gasteiger partial charge is 0.356 e. The Balaban J connectivity index is 1.72. The third-order valence-electron chi connectivity index (χ3n) is 4.63. The first-order chi connectivity index (χ1) is 11.4. The van der Waals surface area contributed by atoms with Crippen LogP contribution in [-0.4, -0.2) is 34.0 Å². The summed E-state index contributed by atoms with van der Waals surface area (Å²) in [5.41, 5.74) is 0.965. The molecule has 0 aromatic heterocycles. The summed E-state index contributed by atoms with van der Waals surface area (Å²) in [5, 5.41) is 11.4. The zero-order valence-electron chi connectivity index (χ0n) is 14.1. The van der Waals surface area contributed by atoms with Gasteiger partial charge in [0.05, 0.1) is 4.90 Å². The zero-order valence-corrected chi connectivity index (χ0v) is 14.9. The first-order valence-corrected chi connectivity index (χ1v) is 10.00. The second-order valence-electron chi connectivity index (χ2n) is 6.58. The van der Waals surface area contributed by atoms with Gasteiger partial charge in [0.25, 0.3) is 0 Å². The molecule has 24 heavy (non-hydrogen) atoms. The monoisotopic (exact) mass is 353 g/mol. The number of carbonyl (C=O) groups excluding carboxylic acids is 1. The molecule has 2 rings (SSSR count). The van der Waals surface area contributed by atoms with Crippen molar-refractivity contribution in [2.24, 2.45) is 17.0 Å². The van der Waals surface area contributed by atoms with Crippen molar-refractivity contribution in [2.75, 3.05) is 19.6 Å². The SMILES string of the molecule is CC(CC(=O)NCCc1ccc(S(N)(=O)=O)cc1)C1CCCNC1. The summed E-state index contributed by atoms with van der Waals surface area (Å²) in [6, 6.07) is 6.43. The Morgan fingerprint density at radius 2 is 2.08 bits per heavy atom. The van der Waals surface area contributed by atoms with Gasteiger partial charge in [0.2, 0.25) is 15.9 Å². The first kappa shape index (κ1) is 18.9. The van der Waals surface area contributed by atoms with Gasteiger partial charge in [-0.05, 0) is 61.9 Å². The number of amides is 1. The minimum atomic E-state index is -3.65. The number of primary sulfonamides is 1. The Kier molecular flexibility index (Phi) is 6.77. The topological polar surface area (TPSA) is 101 Å². The van der Waals surface area contributed by atoms with E-state index in [2.05, 4.69) is 17.6 Å². The minimum absolute atomic E-state index is 0.0780. The van der Waals surface area contributed by atoms with Crippen LogP contribution in [0, 0.1) is 11.8 Å². The van der Waals surface area contributed by atoms with E-state index in [1.807, 2.05) is 0 Å². The summed E-state index contributed by atoms with van der Waals surface area (Å²) in [4.78, 5) is 12.1. The molecule has 4 N–H and O–H groups in total. The van der Waals surface area contributed by atoms with E-state index in [-0.39, 0.29) is 10.8 Å². The molecule has 1 saturated heterocycles. The third-order valence-corrected chi connectivity index (χ3v) is 5.56. The van der Waals surface area contributed by atoms with Crippen LogP contribution in [-0.2, 0) is 21.2 Å². The fourth-order valence-electron chi connectivity index (χ4n) is 3.09. The van der Waals surface area contributed by atoms with Crippen LogP contribution in [0.4, 0.5) is 0 Å². The molecule has 0 saturated carbocycles. The van der Waals surface area contributed by atoms with Crippen molar-refractivity contribution >= 4 is 15.9 Å². The highest BCUT2D eigenvalue weighted by Gasteiger charge is 2.21. The molecule has 1 heterocycles. The summed E-state index contributed by atoms with van der Waals surface area (Å²) >= 11 is 0. The Labute approximate surface area is 144 Å². The van der Waals surface area contributed by atoms with Gasteiger partial charge in [-0.3, -0.25) is 4.79 Å². The van der Waals surface area contributed by atoms with E-state index in [0.717, 1.165) is 18.7 Å². The number of nitrogens with two attached hydrogens (primary N) is 1. The second-order valence-corrected chi connectivity index (χ2v) is 8.14. The molecule has 7 heteroatoms. The molecule has 2 atom stereocenters. The Morgan fingerprint density at radius 1 is 1.38 bits per heavy atom. The Bertz CT molecular complexity index is 638. The van der Waals surface area contributed by atoms with Crippen molar-refractivity contribution in [2.45, 2.75) is 37.5 Å². The maximum absolute atomic E-state index is 12.0. The number of rotatable bonds is 7. The lowest BCUT2D eigenvalue weighted by molar-refractivity contribution is -0.122. The Morgan fingerprint density at radius 3 is 2.67 bits per heavy atom. The van der Waals surface area contributed by atoms with Crippen LogP contribution in [0.25, 0.3) is 0 Å². The van der Waals surface area contributed by atoms with Crippen LogP contribution in [0.1, 0.15) is 31.7 Å². The number of sulfonamides is 1. The molecule has 0 radical (unpaired) electrons. The Hall–Kier alpha value is -1.44. The normalized spacial score (nSPS) is 19.7. The molecule has 1 aromatic rings. The van der Waals surface area contributed by atoms with E-state index in [1.165, 1.54) is 25.0 Å². The number of benzene rings is 1. The van der Waals surface area contributed by atoms with Crippen LogP contribution in [0.5, 0.6) is 0 Å². The number of hydrogen-bond acceptors (Lipinski definition) is 4. The van der Waals surface area contributed by atoms with Crippen molar-refractivity contribution in [3.05, 3.63) is 29.8 Å². The fourth-order valence-corrected chi connectivity index (χ4v) is 3.60. The van der Waals surface area contributed by atoms with E-state index < -0.39 is 10.0 Å². The lowest BCUT2D eigenvalue weighted by Gasteiger charge is -2.28. The summed E-state index contributed by atoms with van der Waals surface area (Å²) in [6.07, 6.45) is 3.59. The molecule has 2 unspecified atom stereocenters. The van der Waals surface area contributed by atoms with E-state index in [0.29, 0.717) is 31.2 Å².